The highest BCUT2D eigenvalue weighted by molar-refractivity contribution is 5.06. The first-order valence-electron chi connectivity index (χ1n) is 5.69. The van der Waals surface area contributed by atoms with Crippen molar-refractivity contribution in [3.8, 4) is 0 Å². The molecule has 1 aromatic heterocycles. The Morgan fingerprint density at radius 2 is 2.27 bits per heavy atom. The number of ether oxygens (including phenoxy) is 1. The minimum atomic E-state index is 0.528. The molecule has 0 amide bonds. The van der Waals surface area contributed by atoms with Crippen molar-refractivity contribution in [3.05, 3.63) is 24.0 Å². The van der Waals surface area contributed by atoms with Crippen LogP contribution in [0.15, 0.2) is 18.3 Å². The third kappa shape index (κ3) is 4.49. The van der Waals surface area contributed by atoms with Gasteiger partial charge in [0.25, 0.3) is 0 Å². The van der Waals surface area contributed by atoms with Crippen LogP contribution >= 0.6 is 0 Å². The van der Waals surface area contributed by atoms with Gasteiger partial charge in [-0.05, 0) is 19.1 Å². The van der Waals surface area contributed by atoms with Gasteiger partial charge in [0.05, 0.1) is 6.61 Å². The summed E-state index contributed by atoms with van der Waals surface area (Å²) in [5, 5.41) is 3.42. The van der Waals surface area contributed by atoms with Crippen molar-refractivity contribution in [2.45, 2.75) is 39.9 Å². The van der Waals surface area contributed by atoms with E-state index in [1.165, 1.54) is 5.69 Å². The zero-order valence-corrected chi connectivity index (χ0v) is 9.99. The number of aromatic nitrogens is 1. The van der Waals surface area contributed by atoms with E-state index in [9.17, 15) is 0 Å². The van der Waals surface area contributed by atoms with Crippen molar-refractivity contribution >= 4 is 0 Å². The fourth-order valence-corrected chi connectivity index (χ4v) is 1.44. The molecule has 0 aromatic carbocycles. The molecular weight excluding hydrogens is 188 g/mol. The summed E-state index contributed by atoms with van der Waals surface area (Å²) in [4.78, 5) is 0. The zero-order valence-electron chi connectivity index (χ0n) is 9.99. The lowest BCUT2D eigenvalue weighted by atomic mass is 10.3. The molecule has 0 saturated carbocycles. The molecule has 0 aliphatic carbocycles. The summed E-state index contributed by atoms with van der Waals surface area (Å²) in [7, 11) is 0. The highest BCUT2D eigenvalue weighted by atomic mass is 16.5. The van der Waals surface area contributed by atoms with E-state index in [1.807, 2.05) is 6.92 Å². The van der Waals surface area contributed by atoms with Crippen LogP contribution in [0.5, 0.6) is 0 Å². The van der Waals surface area contributed by atoms with E-state index in [2.05, 4.69) is 42.1 Å². The molecule has 0 radical (unpaired) electrons. The minimum Gasteiger partial charge on any atom is -0.380 e. The number of nitrogens with one attached hydrogen (secondary N) is 1. The maximum absolute atomic E-state index is 5.35. The maximum atomic E-state index is 5.35. The lowest BCUT2D eigenvalue weighted by molar-refractivity contribution is 0.138. The van der Waals surface area contributed by atoms with Gasteiger partial charge in [0.2, 0.25) is 0 Å². The largest absolute Gasteiger partial charge is 0.380 e. The predicted octanol–water partition coefficient (Wildman–Crippen LogP) is 2.02. The first kappa shape index (κ1) is 12.3. The monoisotopic (exact) mass is 210 g/mol. The Bertz CT molecular complexity index is 268. The van der Waals surface area contributed by atoms with Crippen molar-refractivity contribution in [3.63, 3.8) is 0 Å². The summed E-state index contributed by atoms with van der Waals surface area (Å²) in [6.07, 6.45) is 2.11. The van der Waals surface area contributed by atoms with Gasteiger partial charge >= 0.3 is 0 Å². The molecule has 0 unspecified atom stereocenters. The highest BCUT2D eigenvalue weighted by Crippen LogP contribution is 2.02. The predicted molar refractivity (Wildman–Crippen MR) is 62.9 cm³/mol. The van der Waals surface area contributed by atoms with Crippen molar-refractivity contribution < 1.29 is 4.74 Å². The molecule has 0 spiro atoms. The van der Waals surface area contributed by atoms with E-state index in [0.717, 1.165) is 26.3 Å². The van der Waals surface area contributed by atoms with Gasteiger partial charge in [-0.2, -0.15) is 0 Å². The lowest BCUT2D eigenvalue weighted by Gasteiger charge is -2.12. The standard InChI is InChI=1S/C12H22N2O/c1-4-15-9-8-14-7-5-6-12(14)10-13-11(2)3/h5-7,11,13H,4,8-10H2,1-3H3. The van der Waals surface area contributed by atoms with Gasteiger partial charge in [-0.15, -0.1) is 0 Å². The van der Waals surface area contributed by atoms with Crippen molar-refractivity contribution in [1.82, 2.24) is 9.88 Å². The van der Waals surface area contributed by atoms with Gasteiger partial charge in [0.15, 0.2) is 0 Å². The quantitative estimate of drug-likeness (QED) is 0.697. The Morgan fingerprint density at radius 3 is 2.93 bits per heavy atom. The Labute approximate surface area is 92.4 Å². The molecule has 1 N–H and O–H groups in total. The van der Waals surface area contributed by atoms with Crippen LogP contribution in [-0.4, -0.2) is 23.8 Å². The second-order valence-corrected chi connectivity index (χ2v) is 3.93. The van der Waals surface area contributed by atoms with E-state index in [1.54, 1.807) is 0 Å². The fourth-order valence-electron chi connectivity index (χ4n) is 1.44. The summed E-state index contributed by atoms with van der Waals surface area (Å²) in [5.41, 5.74) is 1.32. The summed E-state index contributed by atoms with van der Waals surface area (Å²) in [5.74, 6) is 0. The molecule has 1 heterocycles. The SMILES string of the molecule is CCOCCn1cccc1CNC(C)C. The first-order valence-corrected chi connectivity index (χ1v) is 5.69. The molecule has 0 atom stereocenters. The molecule has 0 fully saturated rings. The second-order valence-electron chi connectivity index (χ2n) is 3.93. The van der Waals surface area contributed by atoms with Crippen LogP contribution in [0.1, 0.15) is 26.5 Å². The summed E-state index contributed by atoms with van der Waals surface area (Å²) < 4.78 is 7.59. The van der Waals surface area contributed by atoms with Gasteiger partial charge in [-0.25, -0.2) is 0 Å². The number of hydrogen-bond acceptors (Lipinski definition) is 2. The zero-order chi connectivity index (χ0) is 11.1. The smallest absolute Gasteiger partial charge is 0.0645 e. The topological polar surface area (TPSA) is 26.2 Å². The summed E-state index contributed by atoms with van der Waals surface area (Å²) in [6, 6.07) is 4.77. The minimum absolute atomic E-state index is 0.528. The average Bonchev–Trinajstić information content (AvgIpc) is 2.63. The molecule has 0 bridgehead atoms. The van der Waals surface area contributed by atoms with Crippen LogP contribution in [0.4, 0.5) is 0 Å². The number of nitrogens with zero attached hydrogens (tertiary/aromatic N) is 1. The summed E-state index contributed by atoms with van der Waals surface area (Å²) in [6.45, 7) is 9.80. The van der Waals surface area contributed by atoms with Crippen LogP contribution < -0.4 is 5.32 Å². The number of hydrogen-bond donors (Lipinski definition) is 1. The van der Waals surface area contributed by atoms with Crippen LogP contribution in [-0.2, 0) is 17.8 Å². The van der Waals surface area contributed by atoms with Crippen LogP contribution in [0.2, 0.25) is 0 Å². The molecule has 3 nitrogen and oxygen atoms in total. The van der Waals surface area contributed by atoms with E-state index >= 15 is 0 Å². The van der Waals surface area contributed by atoms with Gasteiger partial charge in [-0.3, -0.25) is 0 Å². The second kappa shape index (κ2) is 6.64. The van der Waals surface area contributed by atoms with Gasteiger partial charge in [0.1, 0.15) is 0 Å². The van der Waals surface area contributed by atoms with E-state index < -0.39 is 0 Å². The van der Waals surface area contributed by atoms with Gasteiger partial charge in [-0.1, -0.05) is 13.8 Å². The Morgan fingerprint density at radius 1 is 1.47 bits per heavy atom. The van der Waals surface area contributed by atoms with Crippen LogP contribution in [0.25, 0.3) is 0 Å². The summed E-state index contributed by atoms with van der Waals surface area (Å²) >= 11 is 0. The normalized spacial score (nSPS) is 11.2. The molecular formula is C12H22N2O. The molecule has 1 aromatic rings. The van der Waals surface area contributed by atoms with E-state index in [0.29, 0.717) is 6.04 Å². The average molecular weight is 210 g/mol. The van der Waals surface area contributed by atoms with Crippen molar-refractivity contribution in [2.75, 3.05) is 13.2 Å². The molecule has 1 rings (SSSR count). The molecule has 86 valence electrons. The first-order chi connectivity index (χ1) is 7.24. The molecule has 3 heteroatoms. The Hall–Kier alpha value is -0.800. The third-order valence-corrected chi connectivity index (χ3v) is 2.30. The third-order valence-electron chi connectivity index (χ3n) is 2.30. The van der Waals surface area contributed by atoms with Gasteiger partial charge in [0, 0.05) is 37.6 Å². The van der Waals surface area contributed by atoms with Crippen LogP contribution in [0.3, 0.4) is 0 Å². The Balaban J connectivity index is 2.39. The lowest BCUT2D eigenvalue weighted by Crippen LogP contribution is -2.23. The maximum Gasteiger partial charge on any atom is 0.0645 e. The molecule has 0 saturated heterocycles. The fraction of sp³-hybridized carbons (Fsp3) is 0.667. The van der Waals surface area contributed by atoms with Gasteiger partial charge < -0.3 is 14.6 Å². The van der Waals surface area contributed by atoms with E-state index in [-0.39, 0.29) is 0 Å². The number of rotatable bonds is 7. The highest BCUT2D eigenvalue weighted by Gasteiger charge is 2.01. The van der Waals surface area contributed by atoms with Crippen molar-refractivity contribution in [1.29, 1.82) is 0 Å². The molecule has 0 aliphatic rings. The van der Waals surface area contributed by atoms with Crippen LogP contribution in [0, 0.1) is 0 Å². The van der Waals surface area contributed by atoms with E-state index in [4.69, 9.17) is 4.74 Å². The van der Waals surface area contributed by atoms with Crippen molar-refractivity contribution in [2.24, 2.45) is 0 Å². The molecule has 15 heavy (non-hydrogen) atoms. The Kier molecular flexibility index (Phi) is 5.43. The molecule has 0 aliphatic heterocycles.